The summed E-state index contributed by atoms with van der Waals surface area (Å²) in [4.78, 5) is 4.49. The maximum Gasteiger partial charge on any atom is 0.161 e. The quantitative estimate of drug-likeness (QED) is 0.884. The summed E-state index contributed by atoms with van der Waals surface area (Å²) in [5.74, 6) is 2.29. The van der Waals surface area contributed by atoms with Gasteiger partial charge in [-0.1, -0.05) is 0 Å². The van der Waals surface area contributed by atoms with Crippen molar-refractivity contribution >= 4 is 16.6 Å². The van der Waals surface area contributed by atoms with E-state index >= 15 is 0 Å². The minimum atomic E-state index is -0.00551. The van der Waals surface area contributed by atoms with Crippen molar-refractivity contribution in [1.82, 2.24) is 4.98 Å². The maximum absolute atomic E-state index is 5.93. The van der Waals surface area contributed by atoms with Crippen LogP contribution in [0.3, 0.4) is 0 Å². The van der Waals surface area contributed by atoms with Gasteiger partial charge in [-0.05, 0) is 42.8 Å². The van der Waals surface area contributed by atoms with Crippen LogP contribution in [-0.4, -0.2) is 31.3 Å². The van der Waals surface area contributed by atoms with Crippen molar-refractivity contribution in [3.05, 3.63) is 24.4 Å². The van der Waals surface area contributed by atoms with Crippen molar-refractivity contribution in [3.8, 4) is 11.5 Å². The molecule has 1 aliphatic carbocycles. The molecule has 0 unspecified atom stereocenters. The molecular weight excluding hydrogens is 266 g/mol. The first-order chi connectivity index (χ1) is 10.2. The van der Waals surface area contributed by atoms with Crippen LogP contribution in [0.1, 0.15) is 19.3 Å². The summed E-state index contributed by atoms with van der Waals surface area (Å²) < 4.78 is 10.7. The molecule has 1 aliphatic rings. The molecule has 3 N–H and O–H groups in total. The highest BCUT2D eigenvalue weighted by Gasteiger charge is 2.36. The number of nitrogens with zero attached hydrogens (tertiary/aromatic N) is 1. The number of rotatable bonds is 5. The number of hydrogen-bond donors (Lipinski definition) is 2. The minimum Gasteiger partial charge on any atom is -0.493 e. The number of fused-ring (bicyclic) bond motifs is 1. The van der Waals surface area contributed by atoms with Crippen molar-refractivity contribution in [2.24, 2.45) is 5.73 Å². The third-order valence-electron chi connectivity index (χ3n) is 4.35. The van der Waals surface area contributed by atoms with E-state index in [4.69, 9.17) is 15.2 Å². The van der Waals surface area contributed by atoms with Gasteiger partial charge in [0.15, 0.2) is 11.5 Å². The molecule has 0 radical (unpaired) electrons. The molecule has 1 fully saturated rings. The molecule has 0 bridgehead atoms. The summed E-state index contributed by atoms with van der Waals surface area (Å²) in [6, 6.07) is 5.90. The monoisotopic (exact) mass is 287 g/mol. The highest BCUT2D eigenvalue weighted by molar-refractivity contribution is 5.94. The Kier molecular flexibility index (Phi) is 3.59. The number of methoxy groups -OCH3 is 2. The Morgan fingerprint density at radius 2 is 1.95 bits per heavy atom. The van der Waals surface area contributed by atoms with Gasteiger partial charge in [0, 0.05) is 18.1 Å². The topological polar surface area (TPSA) is 69.4 Å². The van der Waals surface area contributed by atoms with Crippen molar-refractivity contribution in [2.45, 2.75) is 24.8 Å². The second kappa shape index (κ2) is 5.41. The van der Waals surface area contributed by atoms with E-state index in [0.717, 1.165) is 35.2 Å². The smallest absolute Gasteiger partial charge is 0.161 e. The van der Waals surface area contributed by atoms with E-state index in [-0.39, 0.29) is 5.54 Å². The molecule has 112 valence electrons. The van der Waals surface area contributed by atoms with Crippen LogP contribution < -0.4 is 20.5 Å². The zero-order valence-electron chi connectivity index (χ0n) is 12.5. The lowest BCUT2D eigenvalue weighted by Crippen LogP contribution is -2.51. The predicted octanol–water partition coefficient (Wildman–Crippen LogP) is 2.55. The van der Waals surface area contributed by atoms with E-state index < -0.39 is 0 Å². The summed E-state index contributed by atoms with van der Waals surface area (Å²) in [6.07, 6.45) is 5.20. The number of nitrogens with one attached hydrogen (secondary N) is 1. The zero-order valence-corrected chi connectivity index (χ0v) is 12.5. The number of pyridine rings is 1. The van der Waals surface area contributed by atoms with E-state index in [9.17, 15) is 0 Å². The van der Waals surface area contributed by atoms with Gasteiger partial charge in [0.1, 0.15) is 5.82 Å². The first-order valence-electron chi connectivity index (χ1n) is 7.20. The largest absolute Gasteiger partial charge is 0.493 e. The van der Waals surface area contributed by atoms with Gasteiger partial charge in [0.25, 0.3) is 0 Å². The summed E-state index contributed by atoms with van der Waals surface area (Å²) in [5, 5.41) is 5.63. The Labute approximate surface area is 124 Å². The normalized spacial score (nSPS) is 16.3. The molecule has 2 aromatic rings. The fraction of sp³-hybridized carbons (Fsp3) is 0.438. The van der Waals surface area contributed by atoms with Crippen molar-refractivity contribution < 1.29 is 9.47 Å². The molecular formula is C16H21N3O2. The van der Waals surface area contributed by atoms with Crippen LogP contribution in [0.5, 0.6) is 11.5 Å². The van der Waals surface area contributed by atoms with Crippen LogP contribution in [0.4, 0.5) is 5.82 Å². The van der Waals surface area contributed by atoms with Crippen LogP contribution in [-0.2, 0) is 0 Å². The number of hydrogen-bond acceptors (Lipinski definition) is 5. The zero-order chi connectivity index (χ0) is 14.9. The van der Waals surface area contributed by atoms with Gasteiger partial charge in [-0.15, -0.1) is 0 Å². The van der Waals surface area contributed by atoms with Crippen molar-refractivity contribution in [3.63, 3.8) is 0 Å². The van der Waals surface area contributed by atoms with Crippen LogP contribution in [0.25, 0.3) is 10.8 Å². The van der Waals surface area contributed by atoms with Crippen LogP contribution in [0.2, 0.25) is 0 Å². The van der Waals surface area contributed by atoms with Crippen molar-refractivity contribution in [2.75, 3.05) is 26.1 Å². The standard InChI is InChI=1S/C16H21N3O2/c1-20-13-8-11-4-7-18-15(12(11)9-14(13)21-2)19-16(10-17)5-3-6-16/h4,7-9H,3,5-6,10,17H2,1-2H3,(H,18,19). The maximum atomic E-state index is 5.93. The van der Waals surface area contributed by atoms with E-state index in [2.05, 4.69) is 10.3 Å². The average molecular weight is 287 g/mol. The van der Waals surface area contributed by atoms with Crippen LogP contribution in [0.15, 0.2) is 24.4 Å². The third kappa shape index (κ3) is 2.38. The Bertz CT molecular complexity index is 648. The molecule has 5 nitrogen and oxygen atoms in total. The second-order valence-corrected chi connectivity index (χ2v) is 5.55. The lowest BCUT2D eigenvalue weighted by molar-refractivity contribution is 0.287. The molecule has 3 rings (SSSR count). The highest BCUT2D eigenvalue weighted by atomic mass is 16.5. The molecule has 21 heavy (non-hydrogen) atoms. The molecule has 0 spiro atoms. The second-order valence-electron chi connectivity index (χ2n) is 5.55. The summed E-state index contributed by atoms with van der Waals surface area (Å²) in [5.41, 5.74) is 5.92. The van der Waals surface area contributed by atoms with Gasteiger partial charge >= 0.3 is 0 Å². The Morgan fingerprint density at radius 1 is 1.24 bits per heavy atom. The van der Waals surface area contributed by atoms with Gasteiger partial charge in [-0.25, -0.2) is 4.98 Å². The lowest BCUT2D eigenvalue weighted by atomic mass is 9.77. The molecule has 0 amide bonds. The van der Waals surface area contributed by atoms with Gasteiger partial charge in [-0.3, -0.25) is 0 Å². The Morgan fingerprint density at radius 3 is 2.52 bits per heavy atom. The van der Waals surface area contributed by atoms with Gasteiger partial charge in [0.05, 0.1) is 19.8 Å². The lowest BCUT2D eigenvalue weighted by Gasteiger charge is -2.42. The molecule has 1 aromatic carbocycles. The fourth-order valence-electron chi connectivity index (χ4n) is 2.83. The molecule has 1 heterocycles. The van der Waals surface area contributed by atoms with E-state index in [1.807, 2.05) is 18.2 Å². The summed E-state index contributed by atoms with van der Waals surface area (Å²) >= 11 is 0. The molecule has 1 saturated carbocycles. The average Bonchev–Trinajstić information content (AvgIpc) is 2.49. The van der Waals surface area contributed by atoms with Gasteiger partial charge < -0.3 is 20.5 Å². The molecule has 0 saturated heterocycles. The van der Waals surface area contributed by atoms with E-state index in [1.54, 1.807) is 20.4 Å². The Balaban J connectivity index is 2.06. The first kappa shape index (κ1) is 13.9. The SMILES string of the molecule is COc1cc2ccnc(NC3(CN)CCC3)c2cc1OC. The number of anilines is 1. The minimum absolute atomic E-state index is 0.00551. The van der Waals surface area contributed by atoms with Gasteiger partial charge in [0.2, 0.25) is 0 Å². The number of aromatic nitrogens is 1. The summed E-state index contributed by atoms with van der Waals surface area (Å²) in [6.45, 7) is 0.623. The Hall–Kier alpha value is -2.01. The van der Waals surface area contributed by atoms with Crippen LogP contribution in [0, 0.1) is 0 Å². The number of benzene rings is 1. The molecule has 0 atom stereocenters. The molecule has 1 aromatic heterocycles. The van der Waals surface area contributed by atoms with E-state index in [1.165, 1.54) is 6.42 Å². The van der Waals surface area contributed by atoms with E-state index in [0.29, 0.717) is 12.3 Å². The van der Waals surface area contributed by atoms with Gasteiger partial charge in [-0.2, -0.15) is 0 Å². The molecule has 5 heteroatoms. The first-order valence-corrected chi connectivity index (χ1v) is 7.20. The predicted molar refractivity (Wildman–Crippen MR) is 84.1 cm³/mol. The number of nitrogens with two attached hydrogens (primary N) is 1. The van der Waals surface area contributed by atoms with Crippen molar-refractivity contribution in [1.29, 1.82) is 0 Å². The highest BCUT2D eigenvalue weighted by Crippen LogP contribution is 2.38. The fourth-order valence-corrected chi connectivity index (χ4v) is 2.83. The molecule has 0 aliphatic heterocycles. The van der Waals surface area contributed by atoms with Crippen LogP contribution >= 0.6 is 0 Å². The number of ether oxygens (including phenoxy) is 2. The third-order valence-corrected chi connectivity index (χ3v) is 4.35. The summed E-state index contributed by atoms with van der Waals surface area (Å²) in [7, 11) is 3.28.